The third kappa shape index (κ3) is 3.37. The van der Waals surface area contributed by atoms with Gasteiger partial charge in [-0.3, -0.25) is 10.1 Å². The molecule has 1 fully saturated rings. The maximum Gasteiger partial charge on any atom is 0.274 e. The highest BCUT2D eigenvalue weighted by molar-refractivity contribution is 6.30. The number of benzene rings is 1. The quantitative estimate of drug-likeness (QED) is 0.674. The molecule has 18 heavy (non-hydrogen) atoms. The molecule has 2 rings (SSSR count). The van der Waals surface area contributed by atoms with Crippen LogP contribution < -0.4 is 5.32 Å². The van der Waals surface area contributed by atoms with E-state index in [-0.39, 0.29) is 0 Å². The normalized spacial score (nSPS) is 17.6. The molecule has 1 aromatic rings. The van der Waals surface area contributed by atoms with Gasteiger partial charge in [-0.15, -0.1) is 0 Å². The second kappa shape index (κ2) is 5.73. The van der Waals surface area contributed by atoms with Crippen LogP contribution in [0.3, 0.4) is 0 Å². The summed E-state index contributed by atoms with van der Waals surface area (Å²) in [5.74, 6) is 0.561. The smallest absolute Gasteiger partial charge is 0.274 e. The van der Waals surface area contributed by atoms with Gasteiger partial charge >= 0.3 is 0 Å². The van der Waals surface area contributed by atoms with Crippen LogP contribution in [0.4, 0.5) is 0 Å². The second-order valence-electron chi connectivity index (χ2n) is 4.13. The first-order valence-corrected chi connectivity index (χ1v) is 6.11. The maximum absolute atomic E-state index is 10.6. The van der Waals surface area contributed by atoms with Crippen molar-refractivity contribution in [2.45, 2.75) is 13.0 Å². The molecule has 1 aromatic carbocycles. The van der Waals surface area contributed by atoms with Gasteiger partial charge in [0.25, 0.3) is 6.20 Å². The van der Waals surface area contributed by atoms with Gasteiger partial charge in [0, 0.05) is 24.7 Å². The number of nitrogens with zero attached hydrogens (tertiary/aromatic N) is 2. The van der Waals surface area contributed by atoms with Crippen LogP contribution in [0.15, 0.2) is 36.3 Å². The van der Waals surface area contributed by atoms with Crippen LogP contribution >= 0.6 is 11.6 Å². The molecule has 1 N–H and O–H groups in total. The molecule has 96 valence electrons. The van der Waals surface area contributed by atoms with E-state index in [9.17, 15) is 10.1 Å². The Labute approximate surface area is 110 Å². The van der Waals surface area contributed by atoms with E-state index in [2.05, 4.69) is 5.32 Å². The van der Waals surface area contributed by atoms with Crippen molar-refractivity contribution in [2.24, 2.45) is 0 Å². The molecule has 0 aromatic heterocycles. The van der Waals surface area contributed by atoms with Crippen molar-refractivity contribution in [2.75, 3.05) is 13.1 Å². The maximum atomic E-state index is 10.6. The van der Waals surface area contributed by atoms with Crippen molar-refractivity contribution in [3.05, 3.63) is 57.0 Å². The Kier molecular flexibility index (Phi) is 4.04. The molecule has 6 heteroatoms. The predicted octanol–water partition coefficient (Wildman–Crippen LogP) is 2.21. The number of nitrogens with one attached hydrogen (secondary N) is 1. The SMILES string of the molecule is O=[N+]([O-])C=C1NCCCN1Cc1cccc(Cl)c1. The minimum Gasteiger partial charge on any atom is -0.367 e. The molecular weight excluding hydrogens is 254 g/mol. The van der Waals surface area contributed by atoms with Crippen molar-refractivity contribution < 1.29 is 4.92 Å². The van der Waals surface area contributed by atoms with Crippen LogP contribution in [0.1, 0.15) is 12.0 Å². The van der Waals surface area contributed by atoms with Gasteiger partial charge in [-0.25, -0.2) is 0 Å². The number of rotatable bonds is 3. The van der Waals surface area contributed by atoms with E-state index in [1.165, 1.54) is 0 Å². The Bertz CT molecular complexity index is 476. The third-order valence-electron chi connectivity index (χ3n) is 2.74. The minimum absolute atomic E-state index is 0.432. The predicted molar refractivity (Wildman–Crippen MR) is 69.6 cm³/mol. The van der Waals surface area contributed by atoms with Gasteiger partial charge in [0.05, 0.1) is 4.92 Å². The van der Waals surface area contributed by atoms with E-state index < -0.39 is 4.92 Å². The summed E-state index contributed by atoms with van der Waals surface area (Å²) in [6, 6.07) is 7.53. The Morgan fingerprint density at radius 1 is 1.56 bits per heavy atom. The fourth-order valence-corrected chi connectivity index (χ4v) is 2.18. The summed E-state index contributed by atoms with van der Waals surface area (Å²) >= 11 is 5.93. The van der Waals surface area contributed by atoms with E-state index in [1.54, 1.807) is 0 Å². The van der Waals surface area contributed by atoms with Gasteiger partial charge in [-0.1, -0.05) is 23.7 Å². The van der Waals surface area contributed by atoms with E-state index >= 15 is 0 Å². The van der Waals surface area contributed by atoms with E-state index in [4.69, 9.17) is 11.6 Å². The number of halogens is 1. The van der Waals surface area contributed by atoms with Crippen LogP contribution in [-0.2, 0) is 6.54 Å². The van der Waals surface area contributed by atoms with Crippen molar-refractivity contribution in [1.82, 2.24) is 10.2 Å². The lowest BCUT2D eigenvalue weighted by Gasteiger charge is -2.30. The Balaban J connectivity index is 2.13. The van der Waals surface area contributed by atoms with E-state index in [0.717, 1.165) is 31.3 Å². The van der Waals surface area contributed by atoms with E-state index in [0.29, 0.717) is 17.4 Å². The lowest BCUT2D eigenvalue weighted by atomic mass is 10.2. The second-order valence-corrected chi connectivity index (χ2v) is 4.57. The molecule has 1 aliphatic rings. The zero-order chi connectivity index (χ0) is 13.0. The van der Waals surface area contributed by atoms with Crippen LogP contribution in [0.5, 0.6) is 0 Å². The highest BCUT2D eigenvalue weighted by atomic mass is 35.5. The molecule has 1 heterocycles. The van der Waals surface area contributed by atoms with Crippen LogP contribution in [0.2, 0.25) is 5.02 Å². The standard InChI is InChI=1S/C12H14ClN3O2/c13-11-4-1-3-10(7-11)8-15-6-2-5-14-12(15)9-16(17)18/h1,3-4,7,9,14H,2,5-6,8H2. The topological polar surface area (TPSA) is 58.4 Å². The first-order valence-electron chi connectivity index (χ1n) is 5.74. The average molecular weight is 268 g/mol. The summed E-state index contributed by atoms with van der Waals surface area (Å²) in [7, 11) is 0. The molecule has 0 spiro atoms. The van der Waals surface area contributed by atoms with Crippen molar-refractivity contribution >= 4 is 11.6 Å². The Hall–Kier alpha value is -1.75. The Morgan fingerprint density at radius 3 is 3.11 bits per heavy atom. The summed E-state index contributed by atoms with van der Waals surface area (Å²) in [5.41, 5.74) is 1.04. The summed E-state index contributed by atoms with van der Waals surface area (Å²) in [6.45, 7) is 2.19. The molecule has 0 radical (unpaired) electrons. The molecule has 0 bridgehead atoms. The first kappa shape index (κ1) is 12.7. The molecule has 0 atom stereocenters. The monoisotopic (exact) mass is 267 g/mol. The molecule has 0 unspecified atom stereocenters. The third-order valence-corrected chi connectivity index (χ3v) is 2.98. The zero-order valence-corrected chi connectivity index (χ0v) is 10.6. The minimum atomic E-state index is -0.432. The van der Waals surface area contributed by atoms with Gasteiger partial charge in [0.2, 0.25) is 0 Å². The van der Waals surface area contributed by atoms with Crippen molar-refractivity contribution in [1.29, 1.82) is 0 Å². The fourth-order valence-electron chi connectivity index (χ4n) is 1.97. The molecular formula is C12H14ClN3O2. The summed E-state index contributed by atoms with van der Waals surface area (Å²) < 4.78 is 0. The number of hydrogen-bond donors (Lipinski definition) is 1. The number of nitro groups is 1. The summed E-state index contributed by atoms with van der Waals surface area (Å²) in [4.78, 5) is 12.1. The van der Waals surface area contributed by atoms with E-state index in [1.807, 2.05) is 29.2 Å². The molecule has 0 amide bonds. The fraction of sp³-hybridized carbons (Fsp3) is 0.333. The van der Waals surface area contributed by atoms with Crippen molar-refractivity contribution in [3.63, 3.8) is 0 Å². The molecule has 0 aliphatic carbocycles. The Morgan fingerprint density at radius 2 is 2.39 bits per heavy atom. The first-order chi connectivity index (χ1) is 8.65. The van der Waals surface area contributed by atoms with Gasteiger partial charge in [-0.05, 0) is 24.1 Å². The average Bonchev–Trinajstić information content (AvgIpc) is 2.31. The largest absolute Gasteiger partial charge is 0.367 e. The molecule has 0 saturated carbocycles. The van der Waals surface area contributed by atoms with Crippen LogP contribution in [-0.4, -0.2) is 22.9 Å². The summed E-state index contributed by atoms with van der Waals surface area (Å²) in [6.07, 6.45) is 1.99. The van der Waals surface area contributed by atoms with Crippen LogP contribution in [0, 0.1) is 10.1 Å². The summed E-state index contributed by atoms with van der Waals surface area (Å²) in [5, 5.41) is 14.3. The number of hydrogen-bond acceptors (Lipinski definition) is 4. The van der Waals surface area contributed by atoms with Crippen LogP contribution in [0.25, 0.3) is 0 Å². The zero-order valence-electron chi connectivity index (χ0n) is 9.80. The molecule has 5 nitrogen and oxygen atoms in total. The van der Waals surface area contributed by atoms with Gasteiger partial charge in [0.1, 0.15) is 0 Å². The lowest BCUT2D eigenvalue weighted by Crippen LogP contribution is -2.39. The van der Waals surface area contributed by atoms with Gasteiger partial charge in [0.15, 0.2) is 5.82 Å². The van der Waals surface area contributed by atoms with Crippen molar-refractivity contribution in [3.8, 4) is 0 Å². The lowest BCUT2D eigenvalue weighted by molar-refractivity contribution is -0.405. The van der Waals surface area contributed by atoms with Gasteiger partial charge < -0.3 is 10.2 Å². The molecule has 1 saturated heterocycles. The molecule has 1 aliphatic heterocycles. The highest BCUT2D eigenvalue weighted by Crippen LogP contribution is 2.16. The van der Waals surface area contributed by atoms with Gasteiger partial charge in [-0.2, -0.15) is 0 Å². The highest BCUT2D eigenvalue weighted by Gasteiger charge is 2.17.